The minimum atomic E-state index is -3.78. The molecule has 1 saturated heterocycles. The van der Waals surface area contributed by atoms with E-state index in [1.165, 1.54) is 11.4 Å². The van der Waals surface area contributed by atoms with Gasteiger partial charge >= 0.3 is 5.97 Å². The largest absolute Gasteiger partial charge is 0.477 e. The van der Waals surface area contributed by atoms with Gasteiger partial charge in [-0.05, 0) is 24.8 Å². The lowest BCUT2D eigenvalue weighted by Gasteiger charge is -2.14. The summed E-state index contributed by atoms with van der Waals surface area (Å²) in [6.07, 6.45) is 0.822. The van der Waals surface area contributed by atoms with Crippen LogP contribution in [0.25, 0.3) is 0 Å². The molecule has 1 fully saturated rings. The van der Waals surface area contributed by atoms with Gasteiger partial charge in [0, 0.05) is 19.1 Å². The second-order valence-electron chi connectivity index (χ2n) is 4.40. The van der Waals surface area contributed by atoms with E-state index >= 15 is 0 Å². The zero-order chi connectivity index (χ0) is 14.0. The van der Waals surface area contributed by atoms with Crippen LogP contribution in [0, 0.1) is 5.92 Å². The van der Waals surface area contributed by atoms with Gasteiger partial charge in [-0.1, -0.05) is 0 Å². The third kappa shape index (κ3) is 3.14. The van der Waals surface area contributed by atoms with Crippen molar-refractivity contribution in [3.8, 4) is 0 Å². The molecule has 2 rings (SSSR count). The van der Waals surface area contributed by atoms with E-state index < -0.39 is 16.0 Å². The molecule has 1 aliphatic heterocycles. The van der Waals surface area contributed by atoms with Crippen LogP contribution in [0.5, 0.6) is 0 Å². The molecule has 19 heavy (non-hydrogen) atoms. The molecule has 2 heterocycles. The predicted octanol–water partition coefficient (Wildman–Crippen LogP) is 1.15. The highest BCUT2D eigenvalue weighted by Crippen LogP contribution is 2.23. The van der Waals surface area contributed by atoms with Gasteiger partial charge in [0.1, 0.15) is 9.77 Å². The molecule has 1 aromatic rings. The summed E-state index contributed by atoms with van der Waals surface area (Å²) in [6.45, 7) is 2.80. The van der Waals surface area contributed by atoms with E-state index in [4.69, 9.17) is 9.84 Å². The number of aromatic carboxylic acids is 1. The second kappa shape index (κ2) is 5.58. The lowest BCUT2D eigenvalue weighted by atomic mass is 10.0. The molecular weight excluding hydrogens is 290 g/mol. The molecule has 2 N–H and O–H groups in total. The minimum absolute atomic E-state index is 0.0177. The number of hydrogen-bond acceptors (Lipinski definition) is 5. The summed E-state index contributed by atoms with van der Waals surface area (Å²) in [6, 6.07) is 1.31. The fourth-order valence-electron chi connectivity index (χ4n) is 2.00. The van der Waals surface area contributed by atoms with Gasteiger partial charge in [0.05, 0.1) is 6.10 Å². The quantitative estimate of drug-likeness (QED) is 0.851. The van der Waals surface area contributed by atoms with Gasteiger partial charge in [-0.2, -0.15) is 0 Å². The molecule has 2 unspecified atom stereocenters. The summed E-state index contributed by atoms with van der Waals surface area (Å²) in [5, 5.41) is 10.4. The lowest BCUT2D eigenvalue weighted by molar-refractivity contribution is 0.0698. The summed E-state index contributed by atoms with van der Waals surface area (Å²) in [4.78, 5) is 10.6. The van der Waals surface area contributed by atoms with Gasteiger partial charge < -0.3 is 9.84 Å². The molecule has 0 bridgehead atoms. The highest BCUT2D eigenvalue weighted by molar-refractivity contribution is 7.89. The second-order valence-corrected chi connectivity index (χ2v) is 7.05. The fraction of sp³-hybridized carbons (Fsp3) is 0.545. The third-order valence-electron chi connectivity index (χ3n) is 3.18. The Morgan fingerprint density at radius 2 is 2.37 bits per heavy atom. The molecule has 0 amide bonds. The maximum Gasteiger partial charge on any atom is 0.347 e. The van der Waals surface area contributed by atoms with Crippen LogP contribution in [-0.4, -0.2) is 38.7 Å². The van der Waals surface area contributed by atoms with Crippen LogP contribution in [0.3, 0.4) is 0 Å². The first-order chi connectivity index (χ1) is 8.92. The Hall–Kier alpha value is -0.960. The summed E-state index contributed by atoms with van der Waals surface area (Å²) in [5.41, 5.74) is 0. The SMILES string of the molecule is CC1OCCC1CNS(=O)(=O)c1ccsc1C(=O)O. The molecular formula is C11H15NO5S2. The maximum absolute atomic E-state index is 12.1. The molecule has 0 radical (unpaired) electrons. The molecule has 106 valence electrons. The van der Waals surface area contributed by atoms with E-state index in [0.29, 0.717) is 6.61 Å². The molecule has 2 atom stereocenters. The number of carboxylic acids is 1. The Bertz CT molecular complexity index is 565. The average Bonchev–Trinajstić information content (AvgIpc) is 2.95. The first-order valence-corrected chi connectivity index (χ1v) is 8.20. The van der Waals surface area contributed by atoms with Crippen molar-refractivity contribution >= 4 is 27.3 Å². The van der Waals surface area contributed by atoms with E-state index in [1.54, 1.807) is 0 Å². The summed E-state index contributed by atoms with van der Waals surface area (Å²) < 4.78 is 32.0. The lowest BCUT2D eigenvalue weighted by Crippen LogP contribution is -2.32. The van der Waals surface area contributed by atoms with E-state index in [0.717, 1.165) is 17.8 Å². The molecule has 6 nitrogen and oxygen atoms in total. The molecule has 1 aromatic heterocycles. The van der Waals surface area contributed by atoms with Crippen LogP contribution >= 0.6 is 11.3 Å². The topological polar surface area (TPSA) is 92.7 Å². The average molecular weight is 305 g/mol. The highest BCUT2D eigenvalue weighted by atomic mass is 32.2. The van der Waals surface area contributed by atoms with Crippen LogP contribution < -0.4 is 4.72 Å². The van der Waals surface area contributed by atoms with Gasteiger partial charge in [0.15, 0.2) is 0 Å². The van der Waals surface area contributed by atoms with Crippen LogP contribution in [-0.2, 0) is 14.8 Å². The Kier molecular flexibility index (Phi) is 4.24. The molecule has 8 heteroatoms. The summed E-state index contributed by atoms with van der Waals surface area (Å²) in [5.74, 6) is -1.10. The number of carbonyl (C=O) groups is 1. The molecule has 1 aliphatic rings. The number of thiophene rings is 1. The Morgan fingerprint density at radius 1 is 1.63 bits per heavy atom. The standard InChI is InChI=1S/C11H15NO5S2/c1-7-8(2-4-17-7)6-12-19(15,16)9-3-5-18-10(9)11(13)14/h3,5,7-8,12H,2,4,6H2,1H3,(H,13,14). The molecule has 0 aromatic carbocycles. The zero-order valence-corrected chi connectivity index (χ0v) is 12.0. The van der Waals surface area contributed by atoms with Crippen LogP contribution in [0.2, 0.25) is 0 Å². The van der Waals surface area contributed by atoms with Crippen LogP contribution in [0.15, 0.2) is 16.3 Å². The Morgan fingerprint density at radius 3 is 2.95 bits per heavy atom. The normalized spacial score (nSPS) is 23.6. The minimum Gasteiger partial charge on any atom is -0.477 e. The smallest absolute Gasteiger partial charge is 0.347 e. The van der Waals surface area contributed by atoms with Crippen molar-refractivity contribution in [2.24, 2.45) is 5.92 Å². The maximum atomic E-state index is 12.1. The van der Waals surface area contributed by atoms with Crippen molar-refractivity contribution in [3.05, 3.63) is 16.3 Å². The van der Waals surface area contributed by atoms with Gasteiger partial charge in [-0.3, -0.25) is 0 Å². The first-order valence-electron chi connectivity index (χ1n) is 5.84. The number of sulfonamides is 1. The van der Waals surface area contributed by atoms with E-state index in [9.17, 15) is 13.2 Å². The van der Waals surface area contributed by atoms with E-state index in [2.05, 4.69) is 4.72 Å². The van der Waals surface area contributed by atoms with Gasteiger partial charge in [-0.25, -0.2) is 17.9 Å². The van der Waals surface area contributed by atoms with Crippen molar-refractivity contribution < 1.29 is 23.1 Å². The molecule has 0 aliphatic carbocycles. The third-order valence-corrected chi connectivity index (χ3v) is 5.68. The zero-order valence-electron chi connectivity index (χ0n) is 10.3. The van der Waals surface area contributed by atoms with Crippen molar-refractivity contribution in [1.29, 1.82) is 0 Å². The van der Waals surface area contributed by atoms with Crippen LogP contribution in [0.4, 0.5) is 0 Å². The number of rotatable bonds is 5. The molecule has 0 spiro atoms. The van der Waals surface area contributed by atoms with Gasteiger partial charge in [0.2, 0.25) is 10.0 Å². The van der Waals surface area contributed by atoms with Crippen molar-refractivity contribution in [2.75, 3.05) is 13.2 Å². The van der Waals surface area contributed by atoms with Crippen LogP contribution in [0.1, 0.15) is 23.0 Å². The monoisotopic (exact) mass is 305 g/mol. The van der Waals surface area contributed by atoms with Gasteiger partial charge in [-0.15, -0.1) is 11.3 Å². The predicted molar refractivity (Wildman–Crippen MR) is 70.0 cm³/mol. The van der Waals surface area contributed by atoms with E-state index in [1.807, 2.05) is 6.92 Å². The Balaban J connectivity index is 2.10. The Labute approximate surface area is 115 Å². The number of carboxylic acid groups (broad SMARTS) is 1. The molecule has 0 saturated carbocycles. The van der Waals surface area contributed by atoms with Crippen molar-refractivity contribution in [1.82, 2.24) is 4.72 Å². The van der Waals surface area contributed by atoms with E-state index in [-0.39, 0.29) is 28.3 Å². The first kappa shape index (κ1) is 14.4. The van der Waals surface area contributed by atoms with Crippen molar-refractivity contribution in [2.45, 2.75) is 24.3 Å². The fourth-order valence-corrected chi connectivity index (χ4v) is 4.36. The van der Waals surface area contributed by atoms with Gasteiger partial charge in [0.25, 0.3) is 0 Å². The number of ether oxygens (including phenoxy) is 1. The summed E-state index contributed by atoms with van der Waals surface area (Å²) >= 11 is 0.900. The highest BCUT2D eigenvalue weighted by Gasteiger charge is 2.28. The summed E-state index contributed by atoms with van der Waals surface area (Å²) in [7, 11) is -3.78. The number of nitrogens with one attached hydrogen (secondary N) is 1. The number of hydrogen-bond donors (Lipinski definition) is 2. The van der Waals surface area contributed by atoms with Crippen molar-refractivity contribution in [3.63, 3.8) is 0 Å².